The molecule has 0 fully saturated rings. The average Bonchev–Trinajstić information content (AvgIpc) is 2.86. The Morgan fingerprint density at radius 2 is 1.50 bits per heavy atom. The Bertz CT molecular complexity index is 1430. The highest BCUT2D eigenvalue weighted by Gasteiger charge is 2.36. The highest BCUT2D eigenvalue weighted by atomic mass is 16.4. The van der Waals surface area contributed by atoms with Crippen LogP contribution in [0, 0.1) is 6.57 Å². The molecule has 0 atom stereocenters. The Hall–Kier alpha value is -5.50. The molecule has 1 aliphatic heterocycles. The molecule has 3 N–H and O–H groups in total. The van der Waals surface area contributed by atoms with Crippen LogP contribution in [0.25, 0.3) is 10.9 Å². The number of carboxylic acids is 3. The summed E-state index contributed by atoms with van der Waals surface area (Å²) in [6, 6.07) is 11.5. The van der Waals surface area contributed by atoms with Crippen molar-refractivity contribution in [3.8, 4) is 0 Å². The number of carbonyl (C=O) groups is 5. The molecular formula is C27H21N3O8. The molecule has 0 spiro atoms. The third kappa shape index (κ3) is 6.00. The van der Waals surface area contributed by atoms with E-state index in [1.165, 1.54) is 42.2 Å². The van der Waals surface area contributed by atoms with Crippen LogP contribution in [0.2, 0.25) is 0 Å². The number of aromatic carboxylic acids is 1. The highest BCUT2D eigenvalue weighted by molar-refractivity contribution is 6.30. The van der Waals surface area contributed by atoms with Gasteiger partial charge in [-0.1, -0.05) is 30.4 Å². The minimum Gasteiger partial charge on any atom is -0.480 e. The first-order valence-corrected chi connectivity index (χ1v) is 11.0. The van der Waals surface area contributed by atoms with Gasteiger partial charge in [0.25, 0.3) is 17.5 Å². The molecule has 38 heavy (non-hydrogen) atoms. The lowest BCUT2D eigenvalue weighted by atomic mass is 9.97. The smallest absolute Gasteiger partial charge is 0.335 e. The van der Waals surface area contributed by atoms with Gasteiger partial charge >= 0.3 is 17.9 Å². The maximum absolute atomic E-state index is 13.2. The fourth-order valence-corrected chi connectivity index (χ4v) is 3.70. The second kappa shape index (κ2) is 11.5. The van der Waals surface area contributed by atoms with E-state index in [2.05, 4.69) is 4.85 Å². The Kier molecular flexibility index (Phi) is 8.19. The number of anilines is 2. The van der Waals surface area contributed by atoms with Crippen molar-refractivity contribution in [2.75, 3.05) is 22.9 Å². The van der Waals surface area contributed by atoms with Gasteiger partial charge in [0.15, 0.2) is 0 Å². The number of amides is 2. The van der Waals surface area contributed by atoms with Crippen LogP contribution in [-0.2, 0) is 19.2 Å². The van der Waals surface area contributed by atoms with E-state index in [9.17, 15) is 24.0 Å². The fraction of sp³-hybridized carbons (Fsp3) is 0.111. The molecule has 11 nitrogen and oxygen atoms in total. The summed E-state index contributed by atoms with van der Waals surface area (Å²) in [7, 11) is 0. The van der Waals surface area contributed by atoms with E-state index in [0.717, 1.165) is 4.90 Å². The van der Waals surface area contributed by atoms with Gasteiger partial charge in [-0.25, -0.2) is 9.64 Å². The van der Waals surface area contributed by atoms with E-state index < -0.39 is 42.8 Å². The predicted octanol–water partition coefficient (Wildman–Crippen LogP) is 3.07. The summed E-state index contributed by atoms with van der Waals surface area (Å²) >= 11 is 0. The fourth-order valence-electron chi connectivity index (χ4n) is 3.70. The van der Waals surface area contributed by atoms with Crippen LogP contribution in [0.1, 0.15) is 22.8 Å². The number of hydrogen-bond donors (Lipinski definition) is 3. The van der Waals surface area contributed by atoms with Crippen molar-refractivity contribution in [3.05, 3.63) is 100 Å². The molecular weight excluding hydrogens is 494 g/mol. The Morgan fingerprint density at radius 1 is 0.921 bits per heavy atom. The molecule has 0 saturated heterocycles. The normalized spacial score (nSPS) is 14.6. The molecule has 0 unspecified atom stereocenters. The lowest BCUT2D eigenvalue weighted by Crippen LogP contribution is -2.42. The van der Waals surface area contributed by atoms with Gasteiger partial charge in [-0.15, -0.1) is 0 Å². The number of aliphatic carboxylic acids is 2. The maximum Gasteiger partial charge on any atom is 0.335 e. The number of carboxylic acid groups (broad SMARTS) is 3. The largest absolute Gasteiger partial charge is 0.480 e. The summed E-state index contributed by atoms with van der Waals surface area (Å²) in [6.45, 7) is 7.93. The lowest BCUT2D eigenvalue weighted by Gasteiger charge is -2.27. The van der Waals surface area contributed by atoms with E-state index in [1.807, 2.05) is 0 Å². The number of benzene rings is 2. The van der Waals surface area contributed by atoms with Gasteiger partial charge in [0, 0.05) is 11.3 Å². The molecule has 3 rings (SSSR count). The van der Waals surface area contributed by atoms with Crippen molar-refractivity contribution >= 4 is 47.2 Å². The highest BCUT2D eigenvalue weighted by Crippen LogP contribution is 2.30. The molecule has 1 aliphatic rings. The topological polar surface area (TPSA) is 157 Å². The zero-order valence-corrected chi connectivity index (χ0v) is 20.0. The van der Waals surface area contributed by atoms with Crippen LogP contribution in [0.3, 0.4) is 0 Å². The third-order valence-corrected chi connectivity index (χ3v) is 5.54. The first-order valence-electron chi connectivity index (χ1n) is 11.0. The average molecular weight is 515 g/mol. The van der Waals surface area contributed by atoms with E-state index in [-0.39, 0.29) is 28.1 Å². The lowest BCUT2D eigenvalue weighted by molar-refractivity contribution is -0.136. The first-order chi connectivity index (χ1) is 18.0. The van der Waals surface area contributed by atoms with Crippen molar-refractivity contribution in [2.45, 2.75) is 6.92 Å². The van der Waals surface area contributed by atoms with Crippen LogP contribution < -0.4 is 9.80 Å². The van der Waals surface area contributed by atoms with Crippen molar-refractivity contribution in [1.82, 2.24) is 0 Å². The Morgan fingerprint density at radius 3 is 2.00 bits per heavy atom. The second-order valence-electron chi connectivity index (χ2n) is 8.06. The summed E-state index contributed by atoms with van der Waals surface area (Å²) in [6.07, 6.45) is 4.63. The van der Waals surface area contributed by atoms with Crippen molar-refractivity contribution in [1.29, 1.82) is 0 Å². The molecule has 0 radical (unpaired) electrons. The van der Waals surface area contributed by atoms with Crippen LogP contribution in [0.4, 0.5) is 11.4 Å². The third-order valence-electron chi connectivity index (χ3n) is 5.54. The van der Waals surface area contributed by atoms with Crippen LogP contribution >= 0.6 is 0 Å². The molecule has 0 bridgehead atoms. The summed E-state index contributed by atoms with van der Waals surface area (Å²) in [4.78, 5) is 64.6. The molecule has 2 aromatic carbocycles. The summed E-state index contributed by atoms with van der Waals surface area (Å²) in [5.74, 6) is -5.01. The van der Waals surface area contributed by atoms with Gasteiger partial charge in [-0.05, 0) is 54.5 Å². The number of nitrogens with zero attached hydrogens (tertiary/aromatic N) is 3. The summed E-state index contributed by atoms with van der Waals surface area (Å²) in [5.41, 5.74) is 1.21. The maximum atomic E-state index is 13.2. The molecule has 192 valence electrons. The number of rotatable bonds is 9. The predicted molar refractivity (Wildman–Crippen MR) is 136 cm³/mol. The van der Waals surface area contributed by atoms with Gasteiger partial charge in [0.2, 0.25) is 0 Å². The standard InChI is InChI=1S/C27H21N3O8/c1-16-21(5-3-4-17-6-10-19(11-7-17)29(14-22(31)32)15-23(33)34)25(35)30(26(36)24(16)28-2)20-12-8-18(9-13-20)27(37)38/h3-13H,14-15H2,1H3,(H,31,32)(H,33,34)(H,37,38)/b4-3+,21-5+. The SMILES string of the molecule is [C-]#[N+]C1=C(C)/C(=C\C=C\c2ccc(N(CC(=O)O)CC(=O)O)cc2)C(=O)N(c2ccc(C(=O)O)cc2)C1=O. The second-order valence-corrected chi connectivity index (χ2v) is 8.06. The van der Waals surface area contributed by atoms with Crippen LogP contribution in [0.15, 0.2) is 77.5 Å². The van der Waals surface area contributed by atoms with E-state index in [1.54, 1.807) is 36.4 Å². The van der Waals surface area contributed by atoms with Crippen molar-refractivity contribution < 1.29 is 39.3 Å². The molecule has 0 saturated carbocycles. The molecule has 1 heterocycles. The minimum absolute atomic E-state index is 0.0264. The van der Waals surface area contributed by atoms with Gasteiger partial charge in [0.1, 0.15) is 13.1 Å². The van der Waals surface area contributed by atoms with Crippen LogP contribution in [-0.4, -0.2) is 58.1 Å². The molecule has 2 aromatic rings. The number of hydrogen-bond acceptors (Lipinski definition) is 6. The van der Waals surface area contributed by atoms with Gasteiger partial charge in [0.05, 0.1) is 17.8 Å². The monoisotopic (exact) mass is 515 g/mol. The Balaban J connectivity index is 1.89. The quantitative estimate of drug-likeness (QED) is 0.259. The Labute approximate surface area is 216 Å². The van der Waals surface area contributed by atoms with Gasteiger partial charge in [-0.3, -0.25) is 24.1 Å². The zero-order chi connectivity index (χ0) is 28.0. The van der Waals surface area contributed by atoms with E-state index >= 15 is 0 Å². The van der Waals surface area contributed by atoms with E-state index in [0.29, 0.717) is 11.3 Å². The van der Waals surface area contributed by atoms with Crippen molar-refractivity contribution in [2.24, 2.45) is 0 Å². The van der Waals surface area contributed by atoms with Crippen molar-refractivity contribution in [3.63, 3.8) is 0 Å². The molecule has 0 aliphatic carbocycles. The number of allylic oxidation sites excluding steroid dienone is 2. The number of imide groups is 1. The molecule has 0 aromatic heterocycles. The van der Waals surface area contributed by atoms with Gasteiger partial charge in [-0.2, -0.15) is 0 Å². The zero-order valence-electron chi connectivity index (χ0n) is 20.0. The molecule has 2 amide bonds. The minimum atomic E-state index is -1.17. The first kappa shape index (κ1) is 27.1. The molecule has 11 heteroatoms. The number of carbonyl (C=O) groups excluding carboxylic acids is 2. The van der Waals surface area contributed by atoms with E-state index in [4.69, 9.17) is 21.9 Å². The summed E-state index contributed by atoms with van der Waals surface area (Å²) < 4.78 is 0. The summed E-state index contributed by atoms with van der Waals surface area (Å²) in [5, 5.41) is 27.1. The van der Waals surface area contributed by atoms with Crippen LogP contribution in [0.5, 0.6) is 0 Å². The van der Waals surface area contributed by atoms with Gasteiger partial charge < -0.3 is 20.2 Å².